The molecule has 2 heteroatoms. The van der Waals surface area contributed by atoms with Gasteiger partial charge in [-0.05, 0) is 50.0 Å². The first-order valence-electron chi connectivity index (χ1n) is 7.87. The van der Waals surface area contributed by atoms with E-state index in [1.54, 1.807) is 5.57 Å². The number of hydrogen-bond acceptors (Lipinski definition) is 2. The molecule has 3 aliphatic carbocycles. The molecule has 4 rings (SSSR count). The first-order valence-corrected chi connectivity index (χ1v) is 7.87. The molecule has 2 fully saturated rings. The molecule has 0 radical (unpaired) electrons. The molecule has 2 bridgehead atoms. The Bertz CT molecular complexity index is 538. The fraction of sp³-hybridized carbons (Fsp3) is 0.556. The van der Waals surface area contributed by atoms with E-state index in [4.69, 9.17) is 0 Å². The topological polar surface area (TPSA) is 32.3 Å². The smallest absolute Gasteiger partial charge is 0.0691 e. The van der Waals surface area contributed by atoms with Gasteiger partial charge in [0.15, 0.2) is 0 Å². The number of rotatable bonds is 3. The summed E-state index contributed by atoms with van der Waals surface area (Å²) in [5.41, 5.74) is 2.57. The Hall–Kier alpha value is -1.12. The zero-order valence-electron chi connectivity index (χ0n) is 12.0. The van der Waals surface area contributed by atoms with Crippen LogP contribution in [0, 0.1) is 11.8 Å². The largest absolute Gasteiger partial charge is 0.390 e. The van der Waals surface area contributed by atoms with Crippen LogP contribution in [-0.2, 0) is 0 Å². The van der Waals surface area contributed by atoms with Gasteiger partial charge in [-0.25, -0.2) is 0 Å². The van der Waals surface area contributed by atoms with E-state index >= 15 is 0 Å². The number of hydrogen-bond donors (Lipinski definition) is 2. The summed E-state index contributed by atoms with van der Waals surface area (Å²) >= 11 is 0. The molecule has 0 amide bonds. The zero-order chi connectivity index (χ0) is 13.7. The Labute approximate surface area is 120 Å². The predicted molar refractivity (Wildman–Crippen MR) is 80.3 cm³/mol. The van der Waals surface area contributed by atoms with Crippen LogP contribution in [0.2, 0.25) is 0 Å². The summed E-state index contributed by atoms with van der Waals surface area (Å²) in [4.78, 5) is 0. The van der Waals surface area contributed by atoms with Crippen molar-refractivity contribution in [2.75, 3.05) is 0 Å². The Kier molecular flexibility index (Phi) is 2.80. The molecule has 5 atom stereocenters. The lowest BCUT2D eigenvalue weighted by Gasteiger charge is -2.29. The molecular weight excluding hydrogens is 246 g/mol. The van der Waals surface area contributed by atoms with Crippen molar-refractivity contribution in [3.63, 3.8) is 0 Å². The Morgan fingerprint density at radius 2 is 2.05 bits per heavy atom. The summed E-state index contributed by atoms with van der Waals surface area (Å²) in [6.07, 6.45) is 6.38. The molecule has 0 heterocycles. The van der Waals surface area contributed by atoms with Crippen molar-refractivity contribution < 1.29 is 5.11 Å². The van der Waals surface area contributed by atoms with E-state index in [1.165, 1.54) is 12.0 Å². The number of aliphatic hydroxyl groups is 1. The lowest BCUT2D eigenvalue weighted by Crippen LogP contribution is -2.36. The minimum Gasteiger partial charge on any atom is -0.390 e. The highest BCUT2D eigenvalue weighted by atomic mass is 16.3. The quantitative estimate of drug-likeness (QED) is 0.826. The zero-order valence-corrected chi connectivity index (χ0v) is 12.0. The monoisotopic (exact) mass is 269 g/mol. The van der Waals surface area contributed by atoms with Gasteiger partial charge in [0.1, 0.15) is 0 Å². The Morgan fingerprint density at radius 3 is 2.85 bits per heavy atom. The van der Waals surface area contributed by atoms with Crippen molar-refractivity contribution in [2.45, 2.75) is 50.3 Å². The van der Waals surface area contributed by atoms with E-state index in [9.17, 15) is 5.11 Å². The van der Waals surface area contributed by atoms with Gasteiger partial charge in [-0.2, -0.15) is 0 Å². The third-order valence-electron chi connectivity index (χ3n) is 5.69. The number of fused-ring (bicyclic) bond motifs is 1. The third kappa shape index (κ3) is 1.94. The second kappa shape index (κ2) is 4.44. The van der Waals surface area contributed by atoms with Crippen molar-refractivity contribution in [2.24, 2.45) is 11.8 Å². The molecule has 2 N–H and O–H groups in total. The third-order valence-corrected chi connectivity index (χ3v) is 5.69. The van der Waals surface area contributed by atoms with Gasteiger partial charge in [-0.3, -0.25) is 0 Å². The summed E-state index contributed by atoms with van der Waals surface area (Å²) in [6.45, 7) is 2.25. The molecule has 0 spiro atoms. The maximum absolute atomic E-state index is 10.5. The fourth-order valence-corrected chi connectivity index (χ4v) is 4.67. The molecule has 2 saturated carbocycles. The van der Waals surface area contributed by atoms with E-state index in [2.05, 4.69) is 48.6 Å². The lowest BCUT2D eigenvalue weighted by atomic mass is 9.86. The number of nitrogens with one attached hydrogen (secondary N) is 1. The van der Waals surface area contributed by atoms with Gasteiger partial charge < -0.3 is 10.4 Å². The van der Waals surface area contributed by atoms with Crippen molar-refractivity contribution in [1.29, 1.82) is 0 Å². The van der Waals surface area contributed by atoms with Gasteiger partial charge in [-0.15, -0.1) is 0 Å². The highest BCUT2D eigenvalue weighted by Crippen LogP contribution is 2.56. The first kappa shape index (κ1) is 12.6. The Morgan fingerprint density at radius 1 is 1.25 bits per heavy atom. The minimum absolute atomic E-state index is 0.384. The second-order valence-electron chi connectivity index (χ2n) is 7.00. The molecular formula is C18H23NO. The van der Waals surface area contributed by atoms with Crippen molar-refractivity contribution in [3.05, 3.63) is 47.5 Å². The summed E-state index contributed by atoms with van der Waals surface area (Å²) in [6, 6.07) is 11.6. The van der Waals surface area contributed by atoms with Gasteiger partial charge in [0.2, 0.25) is 0 Å². The molecule has 0 saturated heterocycles. The summed E-state index contributed by atoms with van der Waals surface area (Å²) in [7, 11) is 0. The van der Waals surface area contributed by atoms with E-state index in [0.29, 0.717) is 23.9 Å². The molecule has 20 heavy (non-hydrogen) atoms. The van der Waals surface area contributed by atoms with Gasteiger partial charge >= 0.3 is 0 Å². The maximum Gasteiger partial charge on any atom is 0.0691 e. The van der Waals surface area contributed by atoms with Crippen LogP contribution >= 0.6 is 0 Å². The lowest BCUT2D eigenvalue weighted by molar-refractivity contribution is 0.0379. The molecule has 106 valence electrons. The number of benzene rings is 1. The van der Waals surface area contributed by atoms with Gasteiger partial charge in [0.25, 0.3) is 0 Å². The SMILES string of the molecule is C[C@H](N[C@H]1CC2=CC[C@]3(O)CC2C1C3)c1ccccc1. The van der Waals surface area contributed by atoms with Crippen molar-refractivity contribution >= 4 is 0 Å². The average Bonchev–Trinajstić information content (AvgIpc) is 2.91. The molecule has 2 nitrogen and oxygen atoms in total. The van der Waals surface area contributed by atoms with Crippen molar-refractivity contribution in [3.8, 4) is 0 Å². The summed E-state index contributed by atoms with van der Waals surface area (Å²) < 4.78 is 0. The van der Waals surface area contributed by atoms with Crippen LogP contribution in [0.5, 0.6) is 0 Å². The molecule has 3 aliphatic rings. The van der Waals surface area contributed by atoms with Crippen LogP contribution in [0.15, 0.2) is 42.0 Å². The second-order valence-corrected chi connectivity index (χ2v) is 7.00. The summed E-state index contributed by atoms with van der Waals surface area (Å²) in [5.74, 6) is 1.29. The molecule has 0 aromatic heterocycles. The molecule has 2 unspecified atom stereocenters. The van der Waals surface area contributed by atoms with Gasteiger partial charge in [0, 0.05) is 12.1 Å². The normalized spacial score (nSPS) is 39.7. The van der Waals surface area contributed by atoms with Crippen LogP contribution in [0.4, 0.5) is 0 Å². The van der Waals surface area contributed by atoms with E-state index in [-0.39, 0.29) is 0 Å². The predicted octanol–water partition coefficient (Wildman–Crippen LogP) is 3.20. The fourth-order valence-electron chi connectivity index (χ4n) is 4.67. The van der Waals surface area contributed by atoms with Gasteiger partial charge in [-0.1, -0.05) is 42.0 Å². The van der Waals surface area contributed by atoms with Crippen molar-refractivity contribution in [1.82, 2.24) is 5.32 Å². The van der Waals surface area contributed by atoms with Crippen LogP contribution in [0.25, 0.3) is 0 Å². The standard InChI is InChI=1S/C18H23NO/c1-12(13-5-3-2-4-6-13)19-17-9-14-7-8-18(20)10-15(14)16(17)11-18/h2-7,12,15-17,19-20H,8-11H2,1H3/t12-,15?,16?,17-,18-/m0/s1. The highest BCUT2D eigenvalue weighted by Gasteiger charge is 2.53. The average molecular weight is 269 g/mol. The van der Waals surface area contributed by atoms with Crippen LogP contribution in [0.3, 0.4) is 0 Å². The molecule has 1 aromatic rings. The van der Waals surface area contributed by atoms with E-state index < -0.39 is 5.60 Å². The maximum atomic E-state index is 10.5. The molecule has 1 aromatic carbocycles. The van der Waals surface area contributed by atoms with Crippen LogP contribution in [0.1, 0.15) is 44.2 Å². The summed E-state index contributed by atoms with van der Waals surface area (Å²) in [5, 5.41) is 14.4. The molecule has 0 aliphatic heterocycles. The Balaban J connectivity index is 1.52. The van der Waals surface area contributed by atoms with Gasteiger partial charge in [0.05, 0.1) is 5.60 Å². The van der Waals surface area contributed by atoms with E-state index in [0.717, 1.165) is 19.3 Å². The first-order chi connectivity index (χ1) is 9.65. The van der Waals surface area contributed by atoms with E-state index in [1.807, 2.05) is 0 Å². The highest BCUT2D eigenvalue weighted by molar-refractivity contribution is 5.28. The van der Waals surface area contributed by atoms with Crippen LogP contribution in [-0.4, -0.2) is 16.7 Å². The van der Waals surface area contributed by atoms with Crippen LogP contribution < -0.4 is 5.32 Å². The minimum atomic E-state index is -0.394.